The van der Waals surface area contributed by atoms with Crippen LogP contribution in [-0.4, -0.2) is 8.80 Å². The Morgan fingerprint density at radius 3 is 2.09 bits per heavy atom. The van der Waals surface area contributed by atoms with Crippen molar-refractivity contribution >= 4 is 8.80 Å². The van der Waals surface area contributed by atoms with Crippen molar-refractivity contribution in [3.8, 4) is 5.75 Å². The summed E-state index contributed by atoms with van der Waals surface area (Å²) in [6.07, 6.45) is 13.2. The molecular weight excluding hydrogens is 475 g/mol. The molecule has 0 aromatic heterocycles. The Kier molecular flexibility index (Phi) is 11.6. The number of rotatable bonds is 12. The van der Waals surface area contributed by atoms with Crippen LogP contribution in [0.3, 0.4) is 0 Å². The van der Waals surface area contributed by atoms with E-state index in [1.54, 1.807) is 18.1 Å². The highest BCUT2D eigenvalue weighted by Crippen LogP contribution is 2.42. The Morgan fingerprint density at radius 1 is 0.857 bits per heavy atom. The lowest BCUT2D eigenvalue weighted by molar-refractivity contribution is 0.184. The van der Waals surface area contributed by atoms with E-state index in [-0.39, 0.29) is 0 Å². The standard InChI is InChI=1S/C28H41F5OSi/c1-2-3-6-15-35-16-13-23(14-17-35)22-11-9-20(10-12-22)7-4-5-8-21-18-24(29)26(25(30)19-21)34-28(33)27(31)32/h18-20,22-23,35H,2-17H2,1H3/t20-,22-,23-,35-. The van der Waals surface area contributed by atoms with Crippen molar-refractivity contribution in [1.82, 2.24) is 0 Å². The first-order chi connectivity index (χ1) is 16.9. The average Bonchev–Trinajstić information content (AvgIpc) is 2.85. The number of halogens is 5. The normalized spacial score (nSPS) is 24.9. The maximum Gasteiger partial charge on any atom is 0.344 e. The fraction of sp³-hybridized carbons (Fsp3) is 0.714. The van der Waals surface area contributed by atoms with Crippen LogP contribution in [0.1, 0.15) is 89.5 Å². The van der Waals surface area contributed by atoms with Crippen LogP contribution < -0.4 is 4.74 Å². The van der Waals surface area contributed by atoms with Gasteiger partial charge in [-0.15, -0.1) is 0 Å². The number of aryl methyl sites for hydroxylation is 1. The molecule has 3 rings (SSSR count). The predicted molar refractivity (Wildman–Crippen MR) is 134 cm³/mol. The van der Waals surface area contributed by atoms with Gasteiger partial charge in [-0.05, 0) is 61.1 Å². The van der Waals surface area contributed by atoms with E-state index in [9.17, 15) is 22.0 Å². The van der Waals surface area contributed by atoms with Gasteiger partial charge < -0.3 is 4.74 Å². The average molecular weight is 517 g/mol. The highest BCUT2D eigenvalue weighted by atomic mass is 28.3. The van der Waals surface area contributed by atoms with Crippen molar-refractivity contribution in [2.24, 2.45) is 17.8 Å². The summed E-state index contributed by atoms with van der Waals surface area (Å²) in [4.78, 5) is 0. The summed E-state index contributed by atoms with van der Waals surface area (Å²) in [7, 11) is -0.431. The van der Waals surface area contributed by atoms with E-state index in [0.717, 1.165) is 49.1 Å². The highest BCUT2D eigenvalue weighted by molar-refractivity contribution is 6.58. The van der Waals surface area contributed by atoms with Crippen LogP contribution in [0.15, 0.2) is 24.2 Å². The van der Waals surface area contributed by atoms with Gasteiger partial charge in [-0.25, -0.2) is 8.78 Å². The first kappa shape index (κ1) is 28.2. The monoisotopic (exact) mass is 516 g/mol. The zero-order valence-corrected chi connectivity index (χ0v) is 22.2. The summed E-state index contributed by atoms with van der Waals surface area (Å²) in [6, 6.07) is 4.49. The molecule has 1 saturated carbocycles. The van der Waals surface area contributed by atoms with Crippen LogP contribution in [0.2, 0.25) is 18.1 Å². The van der Waals surface area contributed by atoms with E-state index in [0.29, 0.717) is 12.0 Å². The van der Waals surface area contributed by atoms with Gasteiger partial charge in [0.15, 0.2) is 11.6 Å². The molecule has 0 atom stereocenters. The van der Waals surface area contributed by atoms with Crippen LogP contribution in [0.5, 0.6) is 5.75 Å². The molecule has 0 unspecified atom stereocenters. The SMILES string of the molecule is CCCCC[Si@H]1CC[C@H]([C@H]2CC[C@H](CCCCc3cc(F)c(OC(F)=C(F)F)c(F)c3)CC2)CC1. The molecule has 0 spiro atoms. The van der Waals surface area contributed by atoms with Crippen molar-refractivity contribution in [3.05, 3.63) is 41.4 Å². The molecule has 2 aliphatic rings. The molecule has 1 aliphatic heterocycles. The second-order valence-corrected chi connectivity index (χ2v) is 14.3. The van der Waals surface area contributed by atoms with Gasteiger partial charge in [-0.1, -0.05) is 82.8 Å². The highest BCUT2D eigenvalue weighted by Gasteiger charge is 2.31. The number of unbranched alkanes of at least 4 members (excludes halogenated alkanes) is 3. The van der Waals surface area contributed by atoms with Gasteiger partial charge in [0.25, 0.3) is 0 Å². The van der Waals surface area contributed by atoms with Gasteiger partial charge in [0.05, 0.1) is 0 Å². The van der Waals surface area contributed by atoms with Crippen LogP contribution >= 0.6 is 0 Å². The van der Waals surface area contributed by atoms with Crippen molar-refractivity contribution < 1.29 is 26.7 Å². The van der Waals surface area contributed by atoms with Crippen molar-refractivity contribution in [1.29, 1.82) is 0 Å². The summed E-state index contributed by atoms with van der Waals surface area (Å²) in [5, 5.41) is 0. The fourth-order valence-corrected chi connectivity index (χ4v) is 9.86. The number of hydrogen-bond donors (Lipinski definition) is 0. The first-order valence-electron chi connectivity index (χ1n) is 13.7. The maximum absolute atomic E-state index is 14.0. The molecule has 198 valence electrons. The van der Waals surface area contributed by atoms with E-state index in [1.165, 1.54) is 57.8 Å². The van der Waals surface area contributed by atoms with E-state index in [1.807, 2.05) is 0 Å². The summed E-state index contributed by atoms with van der Waals surface area (Å²) >= 11 is 0. The lowest BCUT2D eigenvalue weighted by Crippen LogP contribution is -2.28. The van der Waals surface area contributed by atoms with Crippen LogP contribution in [0, 0.1) is 29.4 Å². The molecule has 0 N–H and O–H groups in total. The zero-order chi connectivity index (χ0) is 25.2. The van der Waals surface area contributed by atoms with E-state index >= 15 is 0 Å². The Bertz CT molecular complexity index is 787. The quantitative estimate of drug-likeness (QED) is 0.116. The first-order valence-corrected chi connectivity index (χ1v) is 16.2. The van der Waals surface area contributed by atoms with Gasteiger partial charge in [0, 0.05) is 8.80 Å². The Morgan fingerprint density at radius 2 is 1.49 bits per heavy atom. The van der Waals surface area contributed by atoms with E-state index in [4.69, 9.17) is 0 Å². The third kappa shape index (κ3) is 8.90. The molecule has 7 heteroatoms. The smallest absolute Gasteiger partial charge is 0.344 e. The molecule has 0 radical (unpaired) electrons. The lowest BCUT2D eigenvalue weighted by Gasteiger charge is -2.37. The zero-order valence-electron chi connectivity index (χ0n) is 21.1. The molecule has 1 aromatic rings. The minimum Gasteiger partial charge on any atom is -0.422 e. The second kappa shape index (κ2) is 14.4. The molecule has 1 aliphatic carbocycles. The maximum atomic E-state index is 14.0. The number of hydrogen-bond acceptors (Lipinski definition) is 1. The third-order valence-electron chi connectivity index (χ3n) is 8.39. The number of ether oxygens (including phenoxy) is 1. The van der Waals surface area contributed by atoms with Crippen molar-refractivity contribution in [3.63, 3.8) is 0 Å². The van der Waals surface area contributed by atoms with Crippen molar-refractivity contribution in [2.75, 3.05) is 0 Å². The molecule has 0 amide bonds. The summed E-state index contributed by atoms with van der Waals surface area (Å²) in [6.45, 7) is 2.29. The molecule has 35 heavy (non-hydrogen) atoms. The van der Waals surface area contributed by atoms with Gasteiger partial charge in [0.2, 0.25) is 5.75 Å². The van der Waals surface area contributed by atoms with E-state index < -0.39 is 38.3 Å². The summed E-state index contributed by atoms with van der Waals surface area (Å²) in [5.74, 6) is -0.842. The second-order valence-electron chi connectivity index (χ2n) is 10.8. The summed E-state index contributed by atoms with van der Waals surface area (Å²) < 4.78 is 69.2. The van der Waals surface area contributed by atoms with Crippen LogP contribution in [0.25, 0.3) is 0 Å². The molecule has 0 bridgehead atoms. The molecule has 1 nitrogen and oxygen atoms in total. The third-order valence-corrected chi connectivity index (χ3v) is 11.9. The van der Waals surface area contributed by atoms with Gasteiger partial charge >= 0.3 is 12.1 Å². The van der Waals surface area contributed by atoms with Gasteiger partial charge in [0.1, 0.15) is 0 Å². The van der Waals surface area contributed by atoms with Crippen molar-refractivity contribution in [2.45, 2.75) is 109 Å². The van der Waals surface area contributed by atoms with Crippen LogP contribution in [-0.2, 0) is 6.42 Å². The molecule has 2 fully saturated rings. The fourth-order valence-electron chi connectivity index (χ4n) is 6.32. The molecule has 1 saturated heterocycles. The summed E-state index contributed by atoms with van der Waals surface area (Å²) in [5.41, 5.74) is 0.426. The topological polar surface area (TPSA) is 9.23 Å². The minimum absolute atomic E-state index is 0.426. The molecule has 1 aromatic carbocycles. The molecule has 1 heterocycles. The van der Waals surface area contributed by atoms with Gasteiger partial charge in [-0.3, -0.25) is 0 Å². The Balaban J connectivity index is 1.32. The van der Waals surface area contributed by atoms with E-state index in [2.05, 4.69) is 11.7 Å². The van der Waals surface area contributed by atoms with Crippen LogP contribution in [0.4, 0.5) is 22.0 Å². The predicted octanol–water partition coefficient (Wildman–Crippen LogP) is 9.73. The Labute approximate surface area is 209 Å². The Hall–Kier alpha value is -1.37. The largest absolute Gasteiger partial charge is 0.422 e. The molecular formula is C28H41F5OSi. The van der Waals surface area contributed by atoms with Gasteiger partial charge in [-0.2, -0.15) is 13.2 Å². The lowest BCUT2D eigenvalue weighted by atomic mass is 9.73. The number of benzene rings is 1. The minimum atomic E-state index is -2.76.